The van der Waals surface area contributed by atoms with Crippen LogP contribution < -0.4 is 14.2 Å². The van der Waals surface area contributed by atoms with E-state index in [-0.39, 0.29) is 5.97 Å². The average Bonchev–Trinajstić information content (AvgIpc) is 2.84. The summed E-state index contributed by atoms with van der Waals surface area (Å²) in [5.74, 6) is 3.15. The van der Waals surface area contributed by atoms with Crippen molar-refractivity contribution in [2.24, 2.45) is 11.8 Å². The molecule has 2 aromatic carbocycles. The van der Waals surface area contributed by atoms with E-state index in [4.69, 9.17) is 14.2 Å². The fourth-order valence-corrected chi connectivity index (χ4v) is 3.93. The first-order valence-electron chi connectivity index (χ1n) is 13.7. The van der Waals surface area contributed by atoms with Crippen LogP contribution in [0.4, 0.5) is 0 Å². The quantitative estimate of drug-likeness (QED) is 0.121. The van der Waals surface area contributed by atoms with Crippen LogP contribution in [0.2, 0.25) is 0 Å². The van der Waals surface area contributed by atoms with E-state index in [0.29, 0.717) is 30.4 Å². The van der Waals surface area contributed by atoms with Gasteiger partial charge in [-0.3, -0.25) is 0 Å². The van der Waals surface area contributed by atoms with Gasteiger partial charge in [0.15, 0.2) is 0 Å². The minimum atomic E-state index is -0.378. The van der Waals surface area contributed by atoms with Crippen LogP contribution in [-0.4, -0.2) is 19.2 Å². The molecule has 0 N–H and O–H groups in total. The second kappa shape index (κ2) is 17.0. The summed E-state index contributed by atoms with van der Waals surface area (Å²) in [7, 11) is 0. The molecule has 4 nitrogen and oxygen atoms in total. The number of hydrogen-bond acceptors (Lipinski definition) is 4. The zero-order chi connectivity index (χ0) is 25.3. The van der Waals surface area contributed by atoms with Crippen molar-refractivity contribution in [2.45, 2.75) is 91.9 Å². The number of carbonyl (C=O) groups is 1. The van der Waals surface area contributed by atoms with E-state index in [2.05, 4.69) is 27.7 Å². The summed E-state index contributed by atoms with van der Waals surface area (Å²) in [6.07, 6.45) is 12.3. The molecule has 1 atom stereocenters. The Labute approximate surface area is 213 Å². The Morgan fingerprint density at radius 3 is 1.89 bits per heavy atom. The summed E-state index contributed by atoms with van der Waals surface area (Å²) in [4.78, 5) is 12.5. The van der Waals surface area contributed by atoms with Gasteiger partial charge in [-0.05, 0) is 73.2 Å². The molecule has 0 aliphatic rings. The molecule has 35 heavy (non-hydrogen) atoms. The average molecular weight is 483 g/mol. The molecule has 2 aromatic rings. The minimum absolute atomic E-state index is 0.378. The second-order valence-electron chi connectivity index (χ2n) is 10.1. The molecule has 1 unspecified atom stereocenters. The van der Waals surface area contributed by atoms with E-state index in [1.807, 2.05) is 24.3 Å². The second-order valence-corrected chi connectivity index (χ2v) is 10.1. The molecule has 0 fully saturated rings. The molecule has 194 valence electrons. The van der Waals surface area contributed by atoms with Gasteiger partial charge in [-0.25, -0.2) is 4.79 Å². The lowest BCUT2D eigenvalue weighted by Gasteiger charge is -2.13. The van der Waals surface area contributed by atoms with E-state index in [1.165, 1.54) is 51.4 Å². The maximum atomic E-state index is 12.5. The molecule has 4 heteroatoms. The highest BCUT2D eigenvalue weighted by Gasteiger charge is 2.10. The maximum Gasteiger partial charge on any atom is 0.343 e. The van der Waals surface area contributed by atoms with Crippen molar-refractivity contribution in [1.29, 1.82) is 0 Å². The predicted molar refractivity (Wildman–Crippen MR) is 145 cm³/mol. The fourth-order valence-electron chi connectivity index (χ4n) is 3.93. The van der Waals surface area contributed by atoms with Crippen LogP contribution in [0.3, 0.4) is 0 Å². The van der Waals surface area contributed by atoms with Gasteiger partial charge in [0.1, 0.15) is 17.2 Å². The van der Waals surface area contributed by atoms with E-state index >= 15 is 0 Å². The van der Waals surface area contributed by atoms with Gasteiger partial charge in [0.25, 0.3) is 0 Å². The van der Waals surface area contributed by atoms with Crippen LogP contribution in [0.5, 0.6) is 17.2 Å². The largest absolute Gasteiger partial charge is 0.494 e. The normalized spacial score (nSPS) is 11.9. The number of rotatable bonds is 18. The smallest absolute Gasteiger partial charge is 0.343 e. The van der Waals surface area contributed by atoms with Gasteiger partial charge in [-0.1, -0.05) is 79.1 Å². The first-order chi connectivity index (χ1) is 17.0. The monoisotopic (exact) mass is 482 g/mol. The molecule has 0 saturated heterocycles. The third-order valence-corrected chi connectivity index (χ3v) is 6.25. The highest BCUT2D eigenvalue weighted by Crippen LogP contribution is 2.21. The van der Waals surface area contributed by atoms with Crippen molar-refractivity contribution in [1.82, 2.24) is 0 Å². The van der Waals surface area contributed by atoms with Gasteiger partial charge < -0.3 is 14.2 Å². The molecule has 0 heterocycles. The Hall–Kier alpha value is -2.49. The fraction of sp³-hybridized carbons (Fsp3) is 0.581. The van der Waals surface area contributed by atoms with Gasteiger partial charge in [-0.2, -0.15) is 0 Å². The van der Waals surface area contributed by atoms with Gasteiger partial charge in [0.2, 0.25) is 0 Å². The Kier molecular flexibility index (Phi) is 14.0. The molecule has 0 radical (unpaired) electrons. The van der Waals surface area contributed by atoms with E-state index < -0.39 is 0 Å². The molecule has 0 amide bonds. The van der Waals surface area contributed by atoms with E-state index in [9.17, 15) is 4.79 Å². The molecule has 2 rings (SSSR count). The zero-order valence-electron chi connectivity index (χ0n) is 22.4. The van der Waals surface area contributed by atoms with E-state index in [1.54, 1.807) is 24.3 Å². The molecular formula is C31H46O4. The number of carbonyl (C=O) groups excluding carboxylic acids is 1. The van der Waals surface area contributed by atoms with Crippen LogP contribution >= 0.6 is 0 Å². The molecular weight excluding hydrogens is 436 g/mol. The van der Waals surface area contributed by atoms with Crippen molar-refractivity contribution in [3.05, 3.63) is 54.1 Å². The Balaban J connectivity index is 1.67. The maximum absolute atomic E-state index is 12.5. The van der Waals surface area contributed by atoms with E-state index in [0.717, 1.165) is 30.3 Å². The zero-order valence-corrected chi connectivity index (χ0v) is 22.4. The van der Waals surface area contributed by atoms with Crippen LogP contribution in [-0.2, 0) is 0 Å². The van der Waals surface area contributed by atoms with Gasteiger partial charge >= 0.3 is 5.97 Å². The number of hydrogen-bond donors (Lipinski definition) is 0. The minimum Gasteiger partial charge on any atom is -0.494 e. The van der Waals surface area contributed by atoms with Crippen molar-refractivity contribution in [2.75, 3.05) is 13.2 Å². The third-order valence-electron chi connectivity index (χ3n) is 6.25. The summed E-state index contributed by atoms with van der Waals surface area (Å²) in [6, 6.07) is 14.4. The highest BCUT2D eigenvalue weighted by atomic mass is 16.5. The summed E-state index contributed by atoms with van der Waals surface area (Å²) < 4.78 is 17.2. The van der Waals surface area contributed by atoms with Crippen molar-refractivity contribution in [3.63, 3.8) is 0 Å². The highest BCUT2D eigenvalue weighted by molar-refractivity contribution is 5.91. The van der Waals surface area contributed by atoms with Crippen molar-refractivity contribution in [3.8, 4) is 17.2 Å². The lowest BCUT2D eigenvalue weighted by molar-refractivity contribution is 0.0734. The first kappa shape index (κ1) is 28.7. The van der Waals surface area contributed by atoms with Crippen LogP contribution in [0.25, 0.3) is 0 Å². The molecule has 0 spiro atoms. The van der Waals surface area contributed by atoms with Crippen LogP contribution in [0, 0.1) is 11.8 Å². The summed E-state index contributed by atoms with van der Waals surface area (Å²) >= 11 is 0. The summed E-state index contributed by atoms with van der Waals surface area (Å²) in [5, 5.41) is 0. The number of benzene rings is 2. The van der Waals surface area contributed by atoms with Gasteiger partial charge in [0, 0.05) is 0 Å². The standard InChI is InChI=1S/C31H46O4/c1-5-6-7-8-9-10-23-33-28-16-14-27(15-17-28)31(32)35-30-20-18-29(19-21-30)34-24-22-26(4)13-11-12-25(2)3/h14-21,25-26H,5-13,22-24H2,1-4H3. The van der Waals surface area contributed by atoms with Crippen LogP contribution in [0.15, 0.2) is 48.5 Å². The lowest BCUT2D eigenvalue weighted by atomic mass is 9.98. The van der Waals surface area contributed by atoms with Crippen LogP contribution in [0.1, 0.15) is 102 Å². The Bertz CT molecular complexity index is 811. The van der Waals surface area contributed by atoms with Crippen molar-refractivity contribution < 1.29 is 19.0 Å². The predicted octanol–water partition coefficient (Wildman–Crippen LogP) is 8.88. The number of unbranched alkanes of at least 4 members (excludes halogenated alkanes) is 5. The molecule has 0 bridgehead atoms. The number of esters is 1. The Morgan fingerprint density at radius 2 is 1.23 bits per heavy atom. The molecule has 0 aromatic heterocycles. The Morgan fingerprint density at radius 1 is 0.657 bits per heavy atom. The molecule has 0 aliphatic heterocycles. The molecule has 0 saturated carbocycles. The summed E-state index contributed by atoms with van der Waals surface area (Å²) in [5.41, 5.74) is 0.503. The van der Waals surface area contributed by atoms with Gasteiger partial charge in [-0.15, -0.1) is 0 Å². The first-order valence-corrected chi connectivity index (χ1v) is 13.7. The summed E-state index contributed by atoms with van der Waals surface area (Å²) in [6.45, 7) is 10.5. The third kappa shape index (κ3) is 12.7. The topological polar surface area (TPSA) is 44.8 Å². The van der Waals surface area contributed by atoms with Crippen molar-refractivity contribution >= 4 is 5.97 Å². The number of ether oxygens (including phenoxy) is 3. The lowest BCUT2D eigenvalue weighted by Crippen LogP contribution is -2.08. The molecule has 0 aliphatic carbocycles. The van der Waals surface area contributed by atoms with Gasteiger partial charge in [0.05, 0.1) is 18.8 Å². The SMILES string of the molecule is CCCCCCCCOc1ccc(C(=O)Oc2ccc(OCCC(C)CCCC(C)C)cc2)cc1.